The van der Waals surface area contributed by atoms with Crippen molar-refractivity contribution in [1.29, 1.82) is 0 Å². The predicted molar refractivity (Wildman–Crippen MR) is 106 cm³/mol. The third-order valence-electron chi connectivity index (χ3n) is 4.58. The summed E-state index contributed by atoms with van der Waals surface area (Å²) in [4.78, 5) is 28.8. The number of hydrogen-bond donors (Lipinski definition) is 1. The average Bonchev–Trinajstić information content (AvgIpc) is 3.27. The lowest BCUT2D eigenvalue weighted by Gasteiger charge is -2.35. The molecule has 7 nitrogen and oxygen atoms in total. The van der Waals surface area contributed by atoms with Gasteiger partial charge >= 0.3 is 5.97 Å². The third kappa shape index (κ3) is 5.09. The maximum atomic E-state index is 12.4. The second kappa shape index (κ2) is 9.68. The van der Waals surface area contributed by atoms with Crippen LogP contribution in [-0.4, -0.2) is 79.3 Å². The minimum atomic E-state index is -0.703. The van der Waals surface area contributed by atoms with Crippen LogP contribution in [0.4, 0.5) is 0 Å². The average molecular weight is 404 g/mol. The van der Waals surface area contributed by atoms with Crippen LogP contribution in [0.1, 0.15) is 20.0 Å². The van der Waals surface area contributed by atoms with Crippen molar-refractivity contribution in [2.45, 2.75) is 6.10 Å². The summed E-state index contributed by atoms with van der Waals surface area (Å²) in [5.74, 6) is -0.0191. The highest BCUT2D eigenvalue weighted by Crippen LogP contribution is 2.19. The fourth-order valence-corrected chi connectivity index (χ4v) is 3.79. The van der Waals surface area contributed by atoms with Crippen LogP contribution < -0.4 is 4.74 Å². The number of amides is 1. The van der Waals surface area contributed by atoms with Gasteiger partial charge in [-0.25, -0.2) is 4.79 Å². The van der Waals surface area contributed by atoms with Gasteiger partial charge in [0, 0.05) is 32.7 Å². The third-order valence-corrected chi connectivity index (χ3v) is 5.44. The number of para-hydroxylation sites is 1. The van der Waals surface area contributed by atoms with Crippen molar-refractivity contribution in [1.82, 2.24) is 9.80 Å². The molecular formula is C20H24N2O5S. The van der Waals surface area contributed by atoms with E-state index >= 15 is 0 Å². The number of rotatable bonds is 7. The van der Waals surface area contributed by atoms with E-state index in [9.17, 15) is 14.7 Å². The van der Waals surface area contributed by atoms with Gasteiger partial charge in [0.25, 0.3) is 5.91 Å². The van der Waals surface area contributed by atoms with Crippen molar-refractivity contribution in [3.05, 3.63) is 52.2 Å². The molecule has 2 heterocycles. The molecule has 0 spiro atoms. The summed E-state index contributed by atoms with van der Waals surface area (Å²) in [6, 6.07) is 10.5. The molecule has 1 fully saturated rings. The van der Waals surface area contributed by atoms with Gasteiger partial charge in [-0.1, -0.05) is 18.2 Å². The van der Waals surface area contributed by atoms with E-state index in [1.807, 2.05) is 22.4 Å². The number of benzene rings is 1. The van der Waals surface area contributed by atoms with Crippen molar-refractivity contribution in [2.24, 2.45) is 0 Å². The zero-order valence-electron chi connectivity index (χ0n) is 15.7. The Bertz CT molecular complexity index is 788. The lowest BCUT2D eigenvalue weighted by molar-refractivity contribution is 0.0396. The lowest BCUT2D eigenvalue weighted by atomic mass is 10.2. The first-order valence-corrected chi connectivity index (χ1v) is 10.00. The highest BCUT2D eigenvalue weighted by atomic mass is 32.1. The molecule has 1 aromatic heterocycles. The molecule has 1 aliphatic rings. The van der Waals surface area contributed by atoms with Crippen LogP contribution >= 0.6 is 11.3 Å². The van der Waals surface area contributed by atoms with Crippen molar-refractivity contribution in [3.63, 3.8) is 0 Å². The molecule has 3 rings (SSSR count). The van der Waals surface area contributed by atoms with E-state index in [-0.39, 0.29) is 12.5 Å². The summed E-state index contributed by atoms with van der Waals surface area (Å²) in [6.45, 7) is 3.19. The summed E-state index contributed by atoms with van der Waals surface area (Å²) >= 11 is 1.45. The molecule has 1 saturated heterocycles. The fourth-order valence-electron chi connectivity index (χ4n) is 3.10. The van der Waals surface area contributed by atoms with Gasteiger partial charge in [0.1, 0.15) is 24.0 Å². The molecular weight excluding hydrogens is 380 g/mol. The number of esters is 1. The first-order chi connectivity index (χ1) is 13.6. The minimum absolute atomic E-state index is 0.0675. The Balaban J connectivity index is 1.45. The molecule has 28 heavy (non-hydrogen) atoms. The van der Waals surface area contributed by atoms with Crippen molar-refractivity contribution < 1.29 is 24.2 Å². The van der Waals surface area contributed by atoms with E-state index in [2.05, 4.69) is 4.90 Å². The van der Waals surface area contributed by atoms with Crippen LogP contribution in [0.5, 0.6) is 5.75 Å². The van der Waals surface area contributed by atoms with E-state index in [4.69, 9.17) is 9.47 Å². The van der Waals surface area contributed by atoms with Gasteiger partial charge in [-0.2, -0.15) is 0 Å². The van der Waals surface area contributed by atoms with Crippen LogP contribution in [-0.2, 0) is 4.74 Å². The summed E-state index contributed by atoms with van der Waals surface area (Å²) in [6.07, 6.45) is -0.703. The zero-order chi connectivity index (χ0) is 19.9. The molecule has 150 valence electrons. The van der Waals surface area contributed by atoms with Crippen molar-refractivity contribution in [2.75, 3.05) is 46.4 Å². The number of carbonyl (C=O) groups is 2. The van der Waals surface area contributed by atoms with Crippen LogP contribution in [0, 0.1) is 0 Å². The van der Waals surface area contributed by atoms with E-state index in [0.717, 1.165) is 4.88 Å². The van der Waals surface area contributed by atoms with E-state index in [1.165, 1.54) is 18.4 Å². The zero-order valence-corrected chi connectivity index (χ0v) is 16.6. The second-order valence-electron chi connectivity index (χ2n) is 6.52. The Labute approximate surface area is 168 Å². The van der Waals surface area contributed by atoms with E-state index in [1.54, 1.807) is 24.3 Å². The number of piperazine rings is 1. The minimum Gasteiger partial charge on any atom is -0.490 e. The van der Waals surface area contributed by atoms with Gasteiger partial charge in [0.15, 0.2) is 0 Å². The van der Waals surface area contributed by atoms with Crippen LogP contribution in [0.15, 0.2) is 41.8 Å². The summed E-state index contributed by atoms with van der Waals surface area (Å²) in [5, 5.41) is 12.2. The van der Waals surface area contributed by atoms with Gasteiger partial charge in [0.2, 0.25) is 0 Å². The topological polar surface area (TPSA) is 79.3 Å². The van der Waals surface area contributed by atoms with Crippen molar-refractivity contribution in [3.8, 4) is 5.75 Å². The Kier molecular flexibility index (Phi) is 7.02. The van der Waals surface area contributed by atoms with Crippen LogP contribution in [0.2, 0.25) is 0 Å². The maximum absolute atomic E-state index is 12.4. The first kappa shape index (κ1) is 20.3. The molecule has 1 amide bonds. The SMILES string of the molecule is COC(=O)c1ccccc1OCC(O)CN1CCN(C(=O)c2cccs2)CC1. The smallest absolute Gasteiger partial charge is 0.341 e. The number of nitrogens with zero attached hydrogens (tertiary/aromatic N) is 2. The number of ether oxygens (including phenoxy) is 2. The molecule has 2 aromatic rings. The largest absolute Gasteiger partial charge is 0.490 e. The van der Waals surface area contributed by atoms with Crippen LogP contribution in [0.25, 0.3) is 0 Å². The maximum Gasteiger partial charge on any atom is 0.341 e. The second-order valence-corrected chi connectivity index (χ2v) is 7.47. The molecule has 1 unspecified atom stereocenters. The Morgan fingerprint density at radius 3 is 2.57 bits per heavy atom. The van der Waals surface area contributed by atoms with Crippen LogP contribution in [0.3, 0.4) is 0 Å². The molecule has 8 heteroatoms. The van der Waals surface area contributed by atoms with Gasteiger partial charge in [0.05, 0.1) is 12.0 Å². The normalized spacial score (nSPS) is 15.9. The molecule has 1 atom stereocenters. The highest BCUT2D eigenvalue weighted by Gasteiger charge is 2.24. The standard InChI is InChI=1S/C20H24N2O5S/c1-26-20(25)16-5-2-3-6-17(16)27-14-15(23)13-21-8-10-22(11-9-21)19(24)18-7-4-12-28-18/h2-7,12,15,23H,8-11,13-14H2,1H3. The first-order valence-electron chi connectivity index (χ1n) is 9.12. The van der Waals surface area contributed by atoms with E-state index < -0.39 is 12.1 Å². The van der Waals surface area contributed by atoms with Gasteiger partial charge in [-0.05, 0) is 23.6 Å². The quantitative estimate of drug-likeness (QED) is 0.708. The van der Waals surface area contributed by atoms with Gasteiger partial charge < -0.3 is 19.5 Å². The Morgan fingerprint density at radius 1 is 1.14 bits per heavy atom. The molecule has 0 radical (unpaired) electrons. The molecule has 0 aliphatic carbocycles. The molecule has 1 aromatic carbocycles. The number of carbonyl (C=O) groups excluding carboxylic acids is 2. The van der Waals surface area contributed by atoms with Gasteiger partial charge in [-0.15, -0.1) is 11.3 Å². The fraction of sp³-hybridized carbons (Fsp3) is 0.400. The monoisotopic (exact) mass is 404 g/mol. The summed E-state index contributed by atoms with van der Waals surface area (Å²) in [5.41, 5.74) is 0.331. The number of hydrogen-bond acceptors (Lipinski definition) is 7. The number of β-amino-alcohol motifs (C(OH)–C–C–N with tert-alkyl or cyclic N) is 1. The number of methoxy groups -OCH3 is 1. The number of thiophene rings is 1. The summed E-state index contributed by atoms with van der Waals surface area (Å²) in [7, 11) is 1.32. The molecule has 0 bridgehead atoms. The predicted octanol–water partition coefficient (Wildman–Crippen LogP) is 1.73. The molecule has 0 saturated carbocycles. The summed E-state index contributed by atoms with van der Waals surface area (Å²) < 4.78 is 10.4. The number of aliphatic hydroxyl groups excluding tert-OH is 1. The van der Waals surface area contributed by atoms with E-state index in [0.29, 0.717) is 44.0 Å². The molecule has 1 aliphatic heterocycles. The molecule has 1 N–H and O–H groups in total. The Morgan fingerprint density at radius 2 is 1.89 bits per heavy atom. The lowest BCUT2D eigenvalue weighted by Crippen LogP contribution is -2.50. The van der Waals surface area contributed by atoms with Crippen molar-refractivity contribution >= 4 is 23.2 Å². The Hall–Kier alpha value is -2.42. The number of aliphatic hydroxyl groups is 1. The highest BCUT2D eigenvalue weighted by molar-refractivity contribution is 7.12. The van der Waals surface area contributed by atoms with Gasteiger partial charge in [-0.3, -0.25) is 9.69 Å².